The molecule has 4 rings (SSSR count). The number of halogens is 2. The van der Waals surface area contributed by atoms with E-state index in [4.69, 9.17) is 33.7 Å². The molecule has 0 bridgehead atoms. The van der Waals surface area contributed by atoms with E-state index in [0.717, 1.165) is 23.3 Å². The number of fused-ring (bicyclic) bond motifs is 1. The number of nitrogen functional groups attached to an aromatic ring is 1. The second-order valence-corrected chi connectivity index (χ2v) is 7.20. The van der Waals surface area contributed by atoms with Crippen molar-refractivity contribution in [2.45, 2.75) is 25.4 Å². The Hall–Kier alpha value is -2.44. The van der Waals surface area contributed by atoms with Crippen molar-refractivity contribution in [1.29, 1.82) is 0 Å². The Morgan fingerprint density at radius 3 is 2.70 bits per heavy atom. The predicted octanol–water partition coefficient (Wildman–Crippen LogP) is 4.71. The lowest BCUT2D eigenvalue weighted by molar-refractivity contribution is 0.340. The highest BCUT2D eigenvalue weighted by Crippen LogP contribution is 2.40. The number of hydrogen-bond acceptors (Lipinski definition) is 5. The molecule has 0 unspecified atom stereocenters. The average molecular weight is 404 g/mol. The molecule has 3 aromatic rings. The van der Waals surface area contributed by atoms with Crippen LogP contribution in [0, 0.1) is 0 Å². The first kappa shape index (κ1) is 17.9. The van der Waals surface area contributed by atoms with E-state index in [1.807, 2.05) is 48.0 Å². The summed E-state index contributed by atoms with van der Waals surface area (Å²) in [7, 11) is 0. The van der Waals surface area contributed by atoms with Crippen LogP contribution in [0.15, 0.2) is 42.5 Å². The van der Waals surface area contributed by atoms with Gasteiger partial charge in [0, 0.05) is 10.0 Å². The van der Waals surface area contributed by atoms with Crippen LogP contribution in [0.4, 0.5) is 11.9 Å². The van der Waals surface area contributed by atoms with Gasteiger partial charge in [0.25, 0.3) is 0 Å². The van der Waals surface area contributed by atoms with Gasteiger partial charge in [-0.15, -0.1) is 5.10 Å². The van der Waals surface area contributed by atoms with Gasteiger partial charge in [0.15, 0.2) is 0 Å². The first-order chi connectivity index (χ1) is 13.0. The minimum atomic E-state index is -0.0394. The highest BCUT2D eigenvalue weighted by atomic mass is 35.5. The Morgan fingerprint density at radius 1 is 1.22 bits per heavy atom. The van der Waals surface area contributed by atoms with Crippen molar-refractivity contribution < 1.29 is 4.74 Å². The topological polar surface area (TPSA) is 78.0 Å². The molecule has 27 heavy (non-hydrogen) atoms. The van der Waals surface area contributed by atoms with Gasteiger partial charge < -0.3 is 15.8 Å². The number of benzene rings is 2. The number of nitrogens with zero attached hydrogens (tertiary/aromatic N) is 3. The van der Waals surface area contributed by atoms with Gasteiger partial charge in [-0.25, -0.2) is 4.68 Å². The van der Waals surface area contributed by atoms with Crippen molar-refractivity contribution in [1.82, 2.24) is 14.8 Å². The summed E-state index contributed by atoms with van der Waals surface area (Å²) >= 11 is 12.5. The van der Waals surface area contributed by atoms with Crippen LogP contribution in [0.5, 0.6) is 5.75 Å². The van der Waals surface area contributed by atoms with Gasteiger partial charge in [0.2, 0.25) is 11.9 Å². The Morgan fingerprint density at radius 2 is 2.00 bits per heavy atom. The third kappa shape index (κ3) is 3.55. The van der Waals surface area contributed by atoms with E-state index in [1.54, 1.807) is 6.07 Å². The molecule has 2 atom stereocenters. The largest absolute Gasteiger partial charge is 0.494 e. The smallest absolute Gasteiger partial charge is 0.241 e. The number of ether oxygens (including phenoxy) is 1. The monoisotopic (exact) mass is 403 g/mol. The molecule has 1 aromatic heterocycles. The van der Waals surface area contributed by atoms with Gasteiger partial charge in [-0.2, -0.15) is 4.98 Å². The average Bonchev–Trinajstić information content (AvgIpc) is 3.02. The zero-order valence-electron chi connectivity index (χ0n) is 14.7. The lowest BCUT2D eigenvalue weighted by Gasteiger charge is -2.32. The van der Waals surface area contributed by atoms with E-state index in [2.05, 4.69) is 15.4 Å². The second-order valence-electron chi connectivity index (χ2n) is 6.35. The Kier molecular flexibility index (Phi) is 4.85. The number of aromatic nitrogens is 3. The van der Waals surface area contributed by atoms with Gasteiger partial charge >= 0.3 is 0 Å². The standard InChI is InChI=1S/C19H19Cl2N5O/c1-2-27-13-6-3-11(4-7-13)17-10-16(14-8-5-12(20)9-15(14)21)23-19-24-18(22)25-26(17)19/h3-9,16-17H,2,10H2,1H3,(H3,22,23,24,25)/t16-,17-/m1/s1. The van der Waals surface area contributed by atoms with E-state index in [-0.39, 0.29) is 18.0 Å². The van der Waals surface area contributed by atoms with Crippen LogP contribution in [-0.2, 0) is 0 Å². The molecule has 0 spiro atoms. The molecule has 0 saturated heterocycles. The first-order valence-corrected chi connectivity index (χ1v) is 9.47. The van der Waals surface area contributed by atoms with Crippen LogP contribution < -0.4 is 15.8 Å². The fourth-order valence-electron chi connectivity index (χ4n) is 3.41. The molecule has 8 heteroatoms. The van der Waals surface area contributed by atoms with E-state index < -0.39 is 0 Å². The van der Waals surface area contributed by atoms with Crippen LogP contribution in [0.25, 0.3) is 0 Å². The van der Waals surface area contributed by atoms with Crippen LogP contribution in [0.3, 0.4) is 0 Å². The maximum absolute atomic E-state index is 6.44. The minimum Gasteiger partial charge on any atom is -0.494 e. The van der Waals surface area contributed by atoms with Crippen LogP contribution >= 0.6 is 23.2 Å². The highest BCUT2D eigenvalue weighted by molar-refractivity contribution is 6.35. The Balaban J connectivity index is 1.71. The highest BCUT2D eigenvalue weighted by Gasteiger charge is 2.31. The summed E-state index contributed by atoms with van der Waals surface area (Å²) in [5.41, 5.74) is 7.91. The van der Waals surface area contributed by atoms with Gasteiger partial charge in [0.05, 0.1) is 18.7 Å². The van der Waals surface area contributed by atoms with Crippen molar-refractivity contribution in [3.8, 4) is 5.75 Å². The van der Waals surface area contributed by atoms with Crippen LogP contribution in [0.1, 0.15) is 36.6 Å². The van der Waals surface area contributed by atoms with Crippen molar-refractivity contribution >= 4 is 35.1 Å². The maximum atomic E-state index is 6.44. The van der Waals surface area contributed by atoms with E-state index in [0.29, 0.717) is 22.6 Å². The van der Waals surface area contributed by atoms with Crippen LogP contribution in [-0.4, -0.2) is 21.4 Å². The Labute approximate surface area is 167 Å². The normalized spacial score (nSPS) is 18.6. The van der Waals surface area contributed by atoms with Crippen LogP contribution in [0.2, 0.25) is 10.0 Å². The molecule has 2 heterocycles. The summed E-state index contributed by atoms with van der Waals surface area (Å²) in [6.45, 7) is 2.60. The quantitative estimate of drug-likeness (QED) is 0.659. The molecule has 140 valence electrons. The van der Waals surface area contributed by atoms with Gasteiger partial charge in [-0.3, -0.25) is 0 Å². The lowest BCUT2D eigenvalue weighted by Crippen LogP contribution is -2.28. The molecule has 0 fully saturated rings. The molecule has 2 aromatic carbocycles. The zero-order valence-corrected chi connectivity index (χ0v) is 16.2. The van der Waals surface area contributed by atoms with E-state index in [9.17, 15) is 0 Å². The first-order valence-electron chi connectivity index (χ1n) is 8.71. The Bertz CT molecular complexity index is 957. The van der Waals surface area contributed by atoms with Gasteiger partial charge in [-0.05, 0) is 48.7 Å². The minimum absolute atomic E-state index is 0.0292. The number of nitrogens with two attached hydrogens (primary N) is 1. The SMILES string of the molecule is CCOc1ccc([C@H]2C[C@H](c3ccc(Cl)cc3Cl)Nc3nc(N)nn32)cc1. The van der Waals surface area contributed by atoms with Crippen molar-refractivity contribution in [3.05, 3.63) is 63.6 Å². The molecular weight excluding hydrogens is 385 g/mol. The molecule has 3 N–H and O–H groups in total. The number of hydrogen-bond donors (Lipinski definition) is 2. The van der Waals surface area contributed by atoms with Gasteiger partial charge in [-0.1, -0.05) is 41.4 Å². The zero-order chi connectivity index (χ0) is 19.0. The summed E-state index contributed by atoms with van der Waals surface area (Å²) in [6, 6.07) is 13.5. The number of rotatable bonds is 4. The van der Waals surface area contributed by atoms with Crippen molar-refractivity contribution in [2.75, 3.05) is 17.7 Å². The molecule has 0 aliphatic carbocycles. The fourth-order valence-corrected chi connectivity index (χ4v) is 3.95. The summed E-state index contributed by atoms with van der Waals surface area (Å²) in [6.07, 6.45) is 0.741. The van der Waals surface area contributed by atoms with Crippen molar-refractivity contribution in [3.63, 3.8) is 0 Å². The molecule has 1 aliphatic rings. The number of anilines is 2. The molecule has 6 nitrogen and oxygen atoms in total. The number of nitrogens with one attached hydrogen (secondary N) is 1. The summed E-state index contributed by atoms with van der Waals surface area (Å²) < 4.78 is 7.37. The molecule has 0 amide bonds. The molecular formula is C19H19Cl2N5O. The molecule has 1 aliphatic heterocycles. The van der Waals surface area contributed by atoms with E-state index >= 15 is 0 Å². The summed E-state index contributed by atoms with van der Waals surface area (Å²) in [4.78, 5) is 4.32. The molecule has 0 saturated carbocycles. The second kappa shape index (κ2) is 7.29. The lowest BCUT2D eigenvalue weighted by atomic mass is 9.93. The molecule has 0 radical (unpaired) electrons. The predicted molar refractivity (Wildman–Crippen MR) is 108 cm³/mol. The third-order valence-electron chi connectivity index (χ3n) is 4.62. The van der Waals surface area contributed by atoms with E-state index in [1.165, 1.54) is 0 Å². The van der Waals surface area contributed by atoms with Crippen molar-refractivity contribution in [2.24, 2.45) is 0 Å². The summed E-state index contributed by atoms with van der Waals surface area (Å²) in [5, 5.41) is 8.97. The fraction of sp³-hybridized carbons (Fsp3) is 0.263. The maximum Gasteiger partial charge on any atom is 0.241 e. The van der Waals surface area contributed by atoms with Gasteiger partial charge in [0.1, 0.15) is 5.75 Å². The third-order valence-corrected chi connectivity index (χ3v) is 5.18. The summed E-state index contributed by atoms with van der Waals surface area (Å²) in [5.74, 6) is 1.69.